The number of carbonyl (C=O) groups excluding carboxylic acids is 3. The summed E-state index contributed by atoms with van der Waals surface area (Å²) in [5.41, 5.74) is 1.45. The van der Waals surface area contributed by atoms with Gasteiger partial charge in [-0.1, -0.05) is 24.3 Å². The van der Waals surface area contributed by atoms with Gasteiger partial charge < -0.3 is 34.9 Å². The lowest BCUT2D eigenvalue weighted by atomic mass is 9.91. The Bertz CT molecular complexity index is 1640. The summed E-state index contributed by atoms with van der Waals surface area (Å²) in [6, 6.07) is 21.3. The van der Waals surface area contributed by atoms with E-state index < -0.39 is 23.4 Å². The second-order valence-corrected chi connectivity index (χ2v) is 14.1. The summed E-state index contributed by atoms with van der Waals surface area (Å²) in [4.78, 5) is 37.8. The van der Waals surface area contributed by atoms with Crippen LogP contribution < -0.4 is 25.4 Å². The number of alkyl carbamates (subject to hydrolysis) is 2. The molecule has 3 amide bonds. The minimum Gasteiger partial charge on any atom is -0.489 e. The highest BCUT2D eigenvalue weighted by Crippen LogP contribution is 2.29. The van der Waals surface area contributed by atoms with E-state index in [0.29, 0.717) is 60.6 Å². The van der Waals surface area contributed by atoms with Gasteiger partial charge in [-0.3, -0.25) is 4.79 Å². The van der Waals surface area contributed by atoms with Gasteiger partial charge in [0, 0.05) is 30.3 Å². The molecule has 3 aromatic rings. The molecule has 0 radical (unpaired) electrons. The van der Waals surface area contributed by atoms with Crippen LogP contribution in [0.3, 0.4) is 0 Å². The number of hydrogen-bond donors (Lipinski definition) is 3. The fourth-order valence-electron chi connectivity index (χ4n) is 5.19. The van der Waals surface area contributed by atoms with Crippen LogP contribution in [0.2, 0.25) is 0 Å². The Morgan fingerprint density at radius 2 is 1.33 bits per heavy atom. The van der Waals surface area contributed by atoms with E-state index in [9.17, 15) is 14.4 Å². The molecule has 260 valence electrons. The van der Waals surface area contributed by atoms with Crippen LogP contribution in [0.1, 0.15) is 94.3 Å². The van der Waals surface area contributed by atoms with Crippen molar-refractivity contribution in [3.63, 3.8) is 0 Å². The Balaban J connectivity index is 1.42. The molecule has 11 nitrogen and oxygen atoms in total. The molecule has 0 aliphatic heterocycles. The van der Waals surface area contributed by atoms with E-state index in [1.807, 2.05) is 65.8 Å². The molecule has 1 saturated carbocycles. The average Bonchev–Trinajstić information content (AvgIpc) is 3.02. The van der Waals surface area contributed by atoms with E-state index in [2.05, 4.69) is 22.0 Å². The van der Waals surface area contributed by atoms with Gasteiger partial charge in [0.2, 0.25) is 0 Å². The number of benzene rings is 3. The first-order valence-corrected chi connectivity index (χ1v) is 16.4. The number of nitriles is 1. The molecule has 0 bridgehead atoms. The van der Waals surface area contributed by atoms with E-state index in [-0.39, 0.29) is 24.6 Å². The fraction of sp³-hybridized carbons (Fsp3) is 0.421. The molecule has 0 atom stereocenters. The van der Waals surface area contributed by atoms with Gasteiger partial charge in [-0.05, 0) is 115 Å². The molecule has 0 heterocycles. The minimum atomic E-state index is -0.589. The van der Waals surface area contributed by atoms with Crippen LogP contribution in [0.25, 0.3) is 0 Å². The minimum absolute atomic E-state index is 0.0150. The lowest BCUT2D eigenvalue weighted by Crippen LogP contribution is -2.45. The number of nitrogens with zero attached hydrogens (tertiary/aromatic N) is 1. The molecule has 1 fully saturated rings. The summed E-state index contributed by atoms with van der Waals surface area (Å²) in [6.45, 7) is 11.4. The smallest absolute Gasteiger partial charge is 0.407 e. The molecule has 0 aromatic heterocycles. The highest BCUT2D eigenvalue weighted by Gasteiger charge is 2.26. The maximum atomic E-state index is 13.5. The standard InChI is InChI=1S/C38H46N4O7/c1-37(2,3)48-35(44)40-23-26-8-7-9-27(18-26)24-46-32-19-28(20-33(21-32)47-31-16-10-25(22-39)11-17-31)34(43)41-29-12-14-30(15-13-29)42-36(45)49-38(4,5)6/h7-11,16-21,29-30H,12-15,23-24H2,1-6H3,(H,40,44)(H,41,43)(H,42,45). The molecular formula is C38H46N4O7. The van der Waals surface area contributed by atoms with Crippen molar-refractivity contribution < 1.29 is 33.3 Å². The molecule has 1 aliphatic carbocycles. The van der Waals surface area contributed by atoms with Gasteiger partial charge in [-0.2, -0.15) is 5.26 Å². The maximum absolute atomic E-state index is 13.5. The van der Waals surface area contributed by atoms with Crippen LogP contribution in [0, 0.1) is 11.3 Å². The zero-order valence-electron chi connectivity index (χ0n) is 29.1. The first kappa shape index (κ1) is 36.6. The Morgan fingerprint density at radius 1 is 0.735 bits per heavy atom. The molecule has 1 aliphatic rings. The summed E-state index contributed by atoms with van der Waals surface area (Å²) in [7, 11) is 0. The van der Waals surface area contributed by atoms with Crippen LogP contribution in [-0.2, 0) is 22.6 Å². The lowest BCUT2D eigenvalue weighted by Gasteiger charge is -2.30. The molecule has 49 heavy (non-hydrogen) atoms. The summed E-state index contributed by atoms with van der Waals surface area (Å²) in [6.07, 6.45) is 1.91. The van der Waals surface area contributed by atoms with E-state index in [4.69, 9.17) is 24.2 Å². The number of amides is 3. The molecule has 3 aromatic carbocycles. The van der Waals surface area contributed by atoms with Crippen molar-refractivity contribution in [2.45, 2.75) is 104 Å². The van der Waals surface area contributed by atoms with Crippen LogP contribution >= 0.6 is 0 Å². The normalized spacial score (nSPS) is 16.0. The SMILES string of the molecule is CC(C)(C)OC(=O)NCc1cccc(COc2cc(Oc3ccc(C#N)cc3)cc(C(=O)NC3CCC(NC(=O)OC(C)(C)C)CC3)c2)c1. The molecule has 0 saturated heterocycles. The van der Waals surface area contributed by atoms with Crippen molar-refractivity contribution in [1.29, 1.82) is 5.26 Å². The van der Waals surface area contributed by atoms with E-state index in [1.165, 1.54) is 0 Å². The van der Waals surface area contributed by atoms with Gasteiger partial charge in [0.25, 0.3) is 5.91 Å². The van der Waals surface area contributed by atoms with Crippen molar-refractivity contribution in [3.8, 4) is 23.3 Å². The third kappa shape index (κ3) is 12.7. The number of ether oxygens (including phenoxy) is 4. The fourth-order valence-corrected chi connectivity index (χ4v) is 5.19. The quantitative estimate of drug-likeness (QED) is 0.201. The Kier molecular flexibility index (Phi) is 12.1. The zero-order chi connectivity index (χ0) is 35.6. The maximum Gasteiger partial charge on any atom is 0.407 e. The van der Waals surface area contributed by atoms with Gasteiger partial charge in [0.15, 0.2) is 0 Å². The van der Waals surface area contributed by atoms with Crippen molar-refractivity contribution in [1.82, 2.24) is 16.0 Å². The van der Waals surface area contributed by atoms with Crippen LogP contribution in [-0.4, -0.2) is 41.4 Å². The molecule has 0 unspecified atom stereocenters. The molecule has 11 heteroatoms. The summed E-state index contributed by atoms with van der Waals surface area (Å²) in [5.74, 6) is 1.06. The number of hydrogen-bond acceptors (Lipinski definition) is 8. The van der Waals surface area contributed by atoms with E-state index >= 15 is 0 Å². The summed E-state index contributed by atoms with van der Waals surface area (Å²) >= 11 is 0. The molecule has 4 rings (SSSR count). The van der Waals surface area contributed by atoms with Crippen molar-refractivity contribution >= 4 is 18.1 Å². The van der Waals surface area contributed by atoms with E-state index in [0.717, 1.165) is 11.1 Å². The predicted molar refractivity (Wildman–Crippen MR) is 184 cm³/mol. The van der Waals surface area contributed by atoms with Gasteiger partial charge in [0.05, 0.1) is 11.6 Å². The Morgan fingerprint density at radius 3 is 1.96 bits per heavy atom. The van der Waals surface area contributed by atoms with Crippen molar-refractivity contribution in [3.05, 3.63) is 89.0 Å². The van der Waals surface area contributed by atoms with Gasteiger partial charge in [-0.15, -0.1) is 0 Å². The summed E-state index contributed by atoms with van der Waals surface area (Å²) in [5, 5.41) is 18.0. The van der Waals surface area contributed by atoms with Crippen LogP contribution in [0.15, 0.2) is 66.7 Å². The highest BCUT2D eigenvalue weighted by molar-refractivity contribution is 5.95. The van der Waals surface area contributed by atoms with Crippen LogP contribution in [0.5, 0.6) is 17.2 Å². The average molecular weight is 671 g/mol. The molecule has 0 spiro atoms. The van der Waals surface area contributed by atoms with Gasteiger partial charge in [-0.25, -0.2) is 9.59 Å². The highest BCUT2D eigenvalue weighted by atomic mass is 16.6. The van der Waals surface area contributed by atoms with E-state index in [1.54, 1.807) is 42.5 Å². The monoisotopic (exact) mass is 670 g/mol. The van der Waals surface area contributed by atoms with Crippen molar-refractivity contribution in [2.75, 3.05) is 0 Å². The first-order valence-electron chi connectivity index (χ1n) is 16.4. The molecular weight excluding hydrogens is 624 g/mol. The van der Waals surface area contributed by atoms with Crippen LogP contribution in [0.4, 0.5) is 9.59 Å². The van der Waals surface area contributed by atoms with Gasteiger partial charge in [0.1, 0.15) is 35.1 Å². The molecule has 3 N–H and O–H groups in total. The second-order valence-electron chi connectivity index (χ2n) is 14.1. The third-order valence-electron chi connectivity index (χ3n) is 7.38. The predicted octanol–water partition coefficient (Wildman–Crippen LogP) is 7.52. The number of carbonyl (C=O) groups is 3. The first-order chi connectivity index (χ1) is 23.1. The zero-order valence-corrected chi connectivity index (χ0v) is 29.1. The van der Waals surface area contributed by atoms with Gasteiger partial charge >= 0.3 is 12.2 Å². The summed E-state index contributed by atoms with van der Waals surface area (Å²) < 4.78 is 22.9. The third-order valence-corrected chi connectivity index (χ3v) is 7.38. The Hall–Kier alpha value is -5.24. The number of nitrogens with one attached hydrogen (secondary N) is 3. The van der Waals surface area contributed by atoms with Crippen molar-refractivity contribution in [2.24, 2.45) is 0 Å². The lowest BCUT2D eigenvalue weighted by molar-refractivity contribution is 0.0485. The number of rotatable bonds is 10. The largest absolute Gasteiger partial charge is 0.489 e. The Labute approximate surface area is 288 Å². The second kappa shape index (κ2) is 16.2. The topological polar surface area (TPSA) is 148 Å².